The Labute approximate surface area is 55.8 Å². The van der Waals surface area contributed by atoms with Crippen LogP contribution in [0, 0.1) is 6.42 Å². The highest BCUT2D eigenvalue weighted by Crippen LogP contribution is 2.20. The van der Waals surface area contributed by atoms with Gasteiger partial charge < -0.3 is 4.74 Å². The number of hydrogen-bond donors (Lipinski definition) is 0. The maximum absolute atomic E-state index is 5.28. The molecule has 2 heteroatoms. The number of hydrogen-bond acceptors (Lipinski definition) is 2. The predicted octanol–water partition coefficient (Wildman–Crippen LogP) is 0.520. The Morgan fingerprint density at radius 3 is 3.44 bits per heavy atom. The van der Waals surface area contributed by atoms with Crippen molar-refractivity contribution in [3.8, 4) is 0 Å². The molecule has 0 aromatic rings. The van der Waals surface area contributed by atoms with E-state index < -0.39 is 0 Å². The summed E-state index contributed by atoms with van der Waals surface area (Å²) in [5.41, 5.74) is 0. The van der Waals surface area contributed by atoms with E-state index in [0.717, 1.165) is 32.7 Å². The fraction of sp³-hybridized carbons (Fsp3) is 0.857. The van der Waals surface area contributed by atoms with Gasteiger partial charge in [0.05, 0.1) is 13.3 Å². The molecule has 2 heterocycles. The highest BCUT2D eigenvalue weighted by atomic mass is 16.5. The summed E-state index contributed by atoms with van der Waals surface area (Å²) in [6.45, 7) is 2.93. The van der Waals surface area contributed by atoms with Gasteiger partial charge in [-0.2, -0.15) is 0 Å². The summed E-state index contributed by atoms with van der Waals surface area (Å²) in [4.78, 5) is 2.39. The fourth-order valence-electron chi connectivity index (χ4n) is 1.44. The molecule has 2 fully saturated rings. The van der Waals surface area contributed by atoms with Crippen molar-refractivity contribution in [2.24, 2.45) is 0 Å². The van der Waals surface area contributed by atoms with Crippen LogP contribution in [-0.2, 0) is 4.74 Å². The van der Waals surface area contributed by atoms with Crippen LogP contribution < -0.4 is 0 Å². The summed E-state index contributed by atoms with van der Waals surface area (Å²) in [5, 5.41) is 0. The molecule has 2 aliphatic heterocycles. The zero-order valence-corrected chi connectivity index (χ0v) is 5.47. The smallest absolute Gasteiger partial charge is 0.0994 e. The first kappa shape index (κ1) is 5.69. The largest absolute Gasteiger partial charge is 0.364 e. The SMILES string of the molecule is [C]1CCN2COCC2C1. The molecule has 1 unspecified atom stereocenters. The molecule has 0 N–H and O–H groups in total. The van der Waals surface area contributed by atoms with Gasteiger partial charge in [-0.1, -0.05) is 0 Å². The van der Waals surface area contributed by atoms with Crippen LogP contribution in [0.1, 0.15) is 12.8 Å². The molecule has 2 radical (unpaired) electrons. The van der Waals surface area contributed by atoms with Crippen LogP contribution in [0.3, 0.4) is 0 Å². The summed E-state index contributed by atoms with van der Waals surface area (Å²) in [5.74, 6) is 0. The lowest BCUT2D eigenvalue weighted by Crippen LogP contribution is -2.35. The normalized spacial score (nSPS) is 36.7. The van der Waals surface area contributed by atoms with Crippen molar-refractivity contribution in [1.82, 2.24) is 4.90 Å². The van der Waals surface area contributed by atoms with Gasteiger partial charge in [0, 0.05) is 12.6 Å². The van der Waals surface area contributed by atoms with Crippen LogP contribution in [-0.4, -0.2) is 30.8 Å². The lowest BCUT2D eigenvalue weighted by atomic mass is 10.1. The van der Waals surface area contributed by atoms with Crippen molar-refractivity contribution in [1.29, 1.82) is 0 Å². The number of rotatable bonds is 0. The minimum Gasteiger partial charge on any atom is -0.364 e. The zero-order valence-electron chi connectivity index (χ0n) is 5.47. The molecule has 0 spiro atoms. The van der Waals surface area contributed by atoms with E-state index in [1.165, 1.54) is 0 Å². The van der Waals surface area contributed by atoms with Crippen molar-refractivity contribution in [3.63, 3.8) is 0 Å². The molecule has 2 rings (SSSR count). The summed E-state index contributed by atoms with van der Waals surface area (Å²) in [6, 6.07) is 0.666. The summed E-state index contributed by atoms with van der Waals surface area (Å²) < 4.78 is 5.28. The maximum Gasteiger partial charge on any atom is 0.0994 e. The van der Waals surface area contributed by atoms with E-state index in [0.29, 0.717) is 6.04 Å². The third kappa shape index (κ3) is 0.970. The van der Waals surface area contributed by atoms with Gasteiger partial charge in [-0.15, -0.1) is 0 Å². The van der Waals surface area contributed by atoms with Crippen LogP contribution in [0.15, 0.2) is 0 Å². The first-order valence-electron chi connectivity index (χ1n) is 3.49. The quantitative estimate of drug-likeness (QED) is 0.468. The third-order valence-electron chi connectivity index (χ3n) is 2.04. The molecule has 2 aliphatic rings. The minimum absolute atomic E-state index is 0.666. The first-order chi connectivity index (χ1) is 4.47. The topological polar surface area (TPSA) is 12.5 Å². The van der Waals surface area contributed by atoms with E-state index >= 15 is 0 Å². The fourth-order valence-corrected chi connectivity index (χ4v) is 1.44. The van der Waals surface area contributed by atoms with E-state index in [1.807, 2.05) is 0 Å². The second-order valence-corrected chi connectivity index (χ2v) is 2.67. The van der Waals surface area contributed by atoms with Crippen LogP contribution >= 0.6 is 0 Å². The van der Waals surface area contributed by atoms with Gasteiger partial charge in [0.15, 0.2) is 0 Å². The van der Waals surface area contributed by atoms with Crippen LogP contribution in [0.4, 0.5) is 0 Å². The summed E-state index contributed by atoms with van der Waals surface area (Å²) in [6.07, 6.45) is 5.57. The molecule has 0 bridgehead atoms. The Morgan fingerprint density at radius 2 is 2.56 bits per heavy atom. The Morgan fingerprint density at radius 1 is 1.56 bits per heavy atom. The molecular weight excluding hydrogens is 114 g/mol. The molecule has 0 amide bonds. The van der Waals surface area contributed by atoms with Gasteiger partial charge in [0.25, 0.3) is 0 Å². The predicted molar refractivity (Wildman–Crippen MR) is 33.8 cm³/mol. The van der Waals surface area contributed by atoms with E-state index in [-0.39, 0.29) is 0 Å². The Bertz CT molecular complexity index is 93.1. The van der Waals surface area contributed by atoms with Crippen molar-refractivity contribution in [2.45, 2.75) is 18.9 Å². The maximum atomic E-state index is 5.28. The molecule has 0 saturated carbocycles. The second kappa shape index (κ2) is 2.27. The van der Waals surface area contributed by atoms with Crippen molar-refractivity contribution < 1.29 is 4.74 Å². The lowest BCUT2D eigenvalue weighted by molar-refractivity contribution is 0.135. The van der Waals surface area contributed by atoms with Crippen LogP contribution in [0.25, 0.3) is 0 Å². The first-order valence-corrected chi connectivity index (χ1v) is 3.49. The summed E-state index contributed by atoms with van der Waals surface area (Å²) >= 11 is 0. The molecule has 2 nitrogen and oxygen atoms in total. The van der Waals surface area contributed by atoms with Crippen molar-refractivity contribution >= 4 is 0 Å². The van der Waals surface area contributed by atoms with Crippen LogP contribution in [0.5, 0.6) is 0 Å². The highest BCUT2D eigenvalue weighted by Gasteiger charge is 2.27. The van der Waals surface area contributed by atoms with Gasteiger partial charge >= 0.3 is 0 Å². The lowest BCUT2D eigenvalue weighted by Gasteiger charge is -2.26. The Balaban J connectivity index is 1.97. The molecular formula is C7H11NO. The van der Waals surface area contributed by atoms with Gasteiger partial charge in [0.2, 0.25) is 0 Å². The zero-order chi connectivity index (χ0) is 6.10. The molecule has 2 saturated heterocycles. The molecule has 1 atom stereocenters. The minimum atomic E-state index is 0.666. The monoisotopic (exact) mass is 125 g/mol. The van der Waals surface area contributed by atoms with Crippen molar-refractivity contribution in [2.75, 3.05) is 19.9 Å². The standard InChI is InChI=1S/C7H11NO/c1-2-4-8-6-9-5-7(8)3-1/h7H,2-6H2. The number of piperidine rings is 1. The Hall–Kier alpha value is -0.0800. The van der Waals surface area contributed by atoms with Gasteiger partial charge in [-0.25, -0.2) is 0 Å². The van der Waals surface area contributed by atoms with E-state index in [1.54, 1.807) is 0 Å². The number of fused-ring (bicyclic) bond motifs is 1. The van der Waals surface area contributed by atoms with Crippen molar-refractivity contribution in [3.05, 3.63) is 6.42 Å². The number of ether oxygens (including phenoxy) is 1. The van der Waals surface area contributed by atoms with Gasteiger partial charge in [-0.05, 0) is 19.3 Å². The summed E-state index contributed by atoms with van der Waals surface area (Å²) in [7, 11) is 0. The molecule has 50 valence electrons. The number of nitrogens with zero attached hydrogens (tertiary/aromatic N) is 1. The molecule has 9 heavy (non-hydrogen) atoms. The highest BCUT2D eigenvalue weighted by molar-refractivity contribution is 4.86. The molecule has 0 aromatic heterocycles. The van der Waals surface area contributed by atoms with Gasteiger partial charge in [-0.3, -0.25) is 4.90 Å². The van der Waals surface area contributed by atoms with E-state index in [9.17, 15) is 0 Å². The molecule has 0 aromatic carbocycles. The van der Waals surface area contributed by atoms with E-state index in [4.69, 9.17) is 4.74 Å². The Kier molecular flexibility index (Phi) is 1.44. The van der Waals surface area contributed by atoms with Crippen LogP contribution in [0.2, 0.25) is 0 Å². The average molecular weight is 125 g/mol. The third-order valence-corrected chi connectivity index (χ3v) is 2.04. The molecule has 0 aliphatic carbocycles. The van der Waals surface area contributed by atoms with Gasteiger partial charge in [0.1, 0.15) is 0 Å². The average Bonchev–Trinajstić information content (AvgIpc) is 2.33. The second-order valence-electron chi connectivity index (χ2n) is 2.67. The van der Waals surface area contributed by atoms with E-state index in [2.05, 4.69) is 11.3 Å².